The maximum absolute atomic E-state index is 14.4. The van der Waals surface area contributed by atoms with Gasteiger partial charge in [0.15, 0.2) is 11.6 Å². The fourth-order valence-corrected chi connectivity index (χ4v) is 3.65. The summed E-state index contributed by atoms with van der Waals surface area (Å²) >= 11 is 0. The highest BCUT2D eigenvalue weighted by Gasteiger charge is 2.68. The Morgan fingerprint density at radius 1 is 1.09 bits per heavy atom. The highest BCUT2D eigenvalue weighted by Crippen LogP contribution is 2.45. The maximum atomic E-state index is 14.4. The van der Waals surface area contributed by atoms with Gasteiger partial charge in [-0.1, -0.05) is 11.2 Å². The van der Waals surface area contributed by atoms with Crippen LogP contribution in [0.2, 0.25) is 0 Å². The highest BCUT2D eigenvalue weighted by molar-refractivity contribution is 5.89. The van der Waals surface area contributed by atoms with Gasteiger partial charge < -0.3 is 19.8 Å². The number of halogens is 2. The number of amides is 1. The molecule has 1 fully saturated rings. The lowest BCUT2D eigenvalue weighted by molar-refractivity contribution is -0.179. The van der Waals surface area contributed by atoms with E-state index in [1.807, 2.05) is 0 Å². The Bertz CT molecular complexity index is 1390. The van der Waals surface area contributed by atoms with E-state index in [1.165, 1.54) is 7.05 Å². The van der Waals surface area contributed by atoms with Gasteiger partial charge in [0.2, 0.25) is 5.95 Å². The van der Waals surface area contributed by atoms with Gasteiger partial charge in [-0.15, -0.1) is 0 Å². The lowest BCUT2D eigenvalue weighted by Crippen LogP contribution is -2.46. The summed E-state index contributed by atoms with van der Waals surface area (Å²) in [5.74, 6) is -4.70. The van der Waals surface area contributed by atoms with Crippen molar-refractivity contribution in [1.82, 2.24) is 34.8 Å². The number of carbonyl (C=O) groups is 1. The minimum absolute atomic E-state index is 0.0734. The molecule has 1 amide bonds. The van der Waals surface area contributed by atoms with Crippen LogP contribution in [0.3, 0.4) is 0 Å². The molecule has 1 aliphatic rings. The summed E-state index contributed by atoms with van der Waals surface area (Å²) in [6.45, 7) is -0.936. The van der Waals surface area contributed by atoms with Crippen LogP contribution in [0.25, 0.3) is 22.8 Å². The van der Waals surface area contributed by atoms with Crippen LogP contribution in [0, 0.1) is 0 Å². The number of aryl methyl sites for hydroxylation is 1. The number of hydrogen-bond acceptors (Lipinski definition) is 9. The summed E-state index contributed by atoms with van der Waals surface area (Å²) < 4.78 is 35.5. The largest absolute Gasteiger partial charge is 0.368 e. The summed E-state index contributed by atoms with van der Waals surface area (Å²) in [6.07, 6.45) is 3.32. The lowest BCUT2D eigenvalue weighted by atomic mass is 9.95. The zero-order chi connectivity index (χ0) is 24.1. The summed E-state index contributed by atoms with van der Waals surface area (Å²) in [4.78, 5) is 26.1. The first kappa shape index (κ1) is 21.6. The predicted octanol–water partition coefficient (Wildman–Crippen LogP) is 1.97. The number of nitrogens with zero attached hydrogens (tertiary/aromatic N) is 7. The highest BCUT2D eigenvalue weighted by atomic mass is 19.3. The molecule has 5 rings (SSSR count). The van der Waals surface area contributed by atoms with Crippen LogP contribution in [-0.2, 0) is 17.4 Å². The minimum Gasteiger partial charge on any atom is -0.368 e. The monoisotopic (exact) mass is 468 g/mol. The van der Waals surface area contributed by atoms with E-state index in [0.29, 0.717) is 23.2 Å². The van der Waals surface area contributed by atoms with Crippen LogP contribution in [0.5, 0.6) is 0 Å². The number of alkyl halides is 2. The third-order valence-electron chi connectivity index (χ3n) is 5.37. The fraction of sp³-hybridized carbons (Fsp3) is 0.238. The molecule has 174 valence electrons. The first-order valence-corrected chi connectivity index (χ1v) is 10.1. The number of rotatable bonds is 5. The van der Waals surface area contributed by atoms with Gasteiger partial charge in [0.1, 0.15) is 5.69 Å². The Balaban J connectivity index is 1.44. The summed E-state index contributed by atoms with van der Waals surface area (Å²) in [5.41, 5.74) is -1.85. The third kappa shape index (κ3) is 3.46. The van der Waals surface area contributed by atoms with Crippen molar-refractivity contribution in [2.75, 3.05) is 18.9 Å². The molecule has 0 unspecified atom stereocenters. The van der Waals surface area contributed by atoms with Gasteiger partial charge >= 0.3 is 5.92 Å². The summed E-state index contributed by atoms with van der Waals surface area (Å²) in [6, 6.07) is 9.48. The zero-order valence-electron chi connectivity index (χ0n) is 18.0. The molecule has 4 aromatic rings. The van der Waals surface area contributed by atoms with E-state index in [2.05, 4.69) is 30.5 Å². The average molecular weight is 468 g/mol. The van der Waals surface area contributed by atoms with Crippen LogP contribution >= 0.6 is 0 Å². The van der Waals surface area contributed by atoms with Crippen molar-refractivity contribution in [3.8, 4) is 22.8 Å². The molecule has 1 saturated heterocycles. The van der Waals surface area contributed by atoms with Crippen LogP contribution in [0.1, 0.15) is 5.76 Å². The topological polar surface area (TPSA) is 135 Å². The Labute approximate surface area is 191 Å². The fourth-order valence-electron chi connectivity index (χ4n) is 3.65. The number of aromatic nitrogens is 6. The van der Waals surface area contributed by atoms with Crippen LogP contribution in [0.4, 0.5) is 20.5 Å². The summed E-state index contributed by atoms with van der Waals surface area (Å²) in [5, 5.41) is 21.5. The van der Waals surface area contributed by atoms with Gasteiger partial charge in [-0.05, 0) is 18.2 Å². The van der Waals surface area contributed by atoms with E-state index in [-0.39, 0.29) is 11.4 Å². The second kappa shape index (κ2) is 7.66. The Morgan fingerprint density at radius 2 is 1.82 bits per heavy atom. The zero-order valence-corrected chi connectivity index (χ0v) is 18.0. The van der Waals surface area contributed by atoms with Crippen molar-refractivity contribution in [3.05, 3.63) is 54.6 Å². The molecule has 13 heteroatoms. The normalized spacial score (nSPS) is 19.6. The maximum Gasteiger partial charge on any atom is 0.309 e. The number of anilines is 2. The van der Waals surface area contributed by atoms with Crippen molar-refractivity contribution in [3.63, 3.8) is 0 Å². The molecule has 1 atom stereocenters. The van der Waals surface area contributed by atoms with E-state index in [0.717, 1.165) is 11.0 Å². The summed E-state index contributed by atoms with van der Waals surface area (Å²) in [7, 11) is 2.96. The van der Waals surface area contributed by atoms with Gasteiger partial charge in [0.25, 0.3) is 11.5 Å². The van der Waals surface area contributed by atoms with Crippen LogP contribution < -0.4 is 5.32 Å². The van der Waals surface area contributed by atoms with E-state index >= 15 is 0 Å². The Hall–Kier alpha value is -4.26. The van der Waals surface area contributed by atoms with Crippen molar-refractivity contribution in [2.24, 2.45) is 7.05 Å². The molecule has 1 aliphatic heterocycles. The van der Waals surface area contributed by atoms with Gasteiger partial charge in [-0.3, -0.25) is 9.48 Å². The predicted molar refractivity (Wildman–Crippen MR) is 114 cm³/mol. The molecule has 0 radical (unpaired) electrons. The average Bonchev–Trinajstić information content (AvgIpc) is 3.50. The molecule has 0 bridgehead atoms. The molecular weight excluding hydrogens is 450 g/mol. The van der Waals surface area contributed by atoms with E-state index in [4.69, 9.17) is 4.52 Å². The van der Waals surface area contributed by atoms with E-state index < -0.39 is 29.7 Å². The molecule has 11 nitrogen and oxygen atoms in total. The smallest absolute Gasteiger partial charge is 0.309 e. The van der Waals surface area contributed by atoms with Crippen molar-refractivity contribution >= 4 is 17.7 Å². The Kier molecular flexibility index (Phi) is 4.86. The third-order valence-corrected chi connectivity index (χ3v) is 5.37. The SMILES string of the molecule is CN1CC(F)(F)[C@@](O)(c2cc(-c3cccc(-c4ccnc(Nc5ccn(C)n5)n4)n3)no2)C1=O. The second-order valence-electron chi connectivity index (χ2n) is 7.83. The lowest BCUT2D eigenvalue weighted by Gasteiger charge is -2.22. The number of carbonyl (C=O) groups excluding carboxylic acids is 1. The standard InChI is InChI=1S/C21H18F2N8O3/c1-30-11-20(22,23)21(33,18(30)32)16-10-15(29-34-16)13-5-3-4-12(25-13)14-6-8-24-19(26-14)27-17-7-9-31(2)28-17/h3-10,33H,11H2,1-2H3,(H,24,26,27,28)/t21-/m1/s1. The number of nitrogens with one attached hydrogen (secondary N) is 1. The van der Waals surface area contributed by atoms with E-state index in [9.17, 15) is 18.7 Å². The van der Waals surface area contributed by atoms with Gasteiger partial charge in [-0.2, -0.15) is 5.10 Å². The second-order valence-corrected chi connectivity index (χ2v) is 7.83. The van der Waals surface area contributed by atoms with Gasteiger partial charge in [-0.25, -0.2) is 23.7 Å². The first-order valence-electron chi connectivity index (χ1n) is 10.1. The van der Waals surface area contributed by atoms with Crippen LogP contribution in [0.15, 0.2) is 53.3 Å². The number of likely N-dealkylation sites (tertiary alicyclic amines) is 1. The Morgan fingerprint density at radius 3 is 2.50 bits per heavy atom. The molecule has 34 heavy (non-hydrogen) atoms. The first-order chi connectivity index (χ1) is 16.2. The van der Waals surface area contributed by atoms with Gasteiger partial charge in [0.05, 0.1) is 23.6 Å². The van der Waals surface area contributed by atoms with Gasteiger partial charge in [0, 0.05) is 38.6 Å². The molecule has 2 N–H and O–H groups in total. The molecule has 4 aromatic heterocycles. The molecule has 5 heterocycles. The molecule has 0 aromatic carbocycles. The van der Waals surface area contributed by atoms with Crippen molar-refractivity contribution < 1.29 is 23.2 Å². The van der Waals surface area contributed by atoms with Crippen molar-refractivity contribution in [1.29, 1.82) is 0 Å². The molecule has 0 saturated carbocycles. The van der Waals surface area contributed by atoms with Crippen LogP contribution in [-0.4, -0.2) is 65.3 Å². The molecule has 0 spiro atoms. The number of likely N-dealkylation sites (N-methyl/N-ethyl adjacent to an activating group) is 1. The minimum atomic E-state index is -3.75. The number of hydrogen-bond donors (Lipinski definition) is 2. The number of aliphatic hydroxyl groups is 1. The van der Waals surface area contributed by atoms with E-state index in [1.54, 1.807) is 54.5 Å². The van der Waals surface area contributed by atoms with Crippen molar-refractivity contribution in [2.45, 2.75) is 11.5 Å². The molecule has 0 aliphatic carbocycles. The number of pyridine rings is 1. The quantitative estimate of drug-likeness (QED) is 0.451. The molecular formula is C21H18F2N8O3.